The highest BCUT2D eigenvalue weighted by atomic mass is 35.5. The summed E-state index contributed by atoms with van der Waals surface area (Å²) in [6.45, 7) is 3.65. The SMILES string of the molecule is C[C@@H](N)[C@@H]1CCCN(C(=O)CCc2ccc(Cl)cc2Cl)C1. The van der Waals surface area contributed by atoms with E-state index in [1.54, 1.807) is 12.1 Å². The van der Waals surface area contributed by atoms with Crippen LogP contribution in [-0.4, -0.2) is 29.9 Å². The van der Waals surface area contributed by atoms with Crippen LogP contribution in [-0.2, 0) is 11.2 Å². The average molecular weight is 329 g/mol. The van der Waals surface area contributed by atoms with E-state index in [0.717, 1.165) is 31.5 Å². The van der Waals surface area contributed by atoms with Gasteiger partial charge in [-0.1, -0.05) is 29.3 Å². The Morgan fingerprint density at radius 2 is 2.24 bits per heavy atom. The molecule has 0 bridgehead atoms. The maximum Gasteiger partial charge on any atom is 0.222 e. The Kier molecular flexibility index (Phi) is 5.91. The zero-order valence-corrected chi connectivity index (χ0v) is 13.8. The molecule has 2 atom stereocenters. The van der Waals surface area contributed by atoms with Crippen molar-refractivity contribution in [1.29, 1.82) is 0 Å². The van der Waals surface area contributed by atoms with Crippen molar-refractivity contribution in [1.82, 2.24) is 4.90 Å². The van der Waals surface area contributed by atoms with Gasteiger partial charge in [0.05, 0.1) is 0 Å². The number of nitrogens with zero attached hydrogens (tertiary/aromatic N) is 1. The molecule has 1 aromatic carbocycles. The third-order valence-electron chi connectivity index (χ3n) is 4.18. The summed E-state index contributed by atoms with van der Waals surface area (Å²) >= 11 is 12.0. The second-order valence-electron chi connectivity index (χ2n) is 5.84. The Balaban J connectivity index is 1.89. The van der Waals surface area contributed by atoms with Crippen LogP contribution in [0.3, 0.4) is 0 Å². The number of hydrogen-bond acceptors (Lipinski definition) is 2. The van der Waals surface area contributed by atoms with Crippen LogP contribution in [0.2, 0.25) is 10.0 Å². The van der Waals surface area contributed by atoms with E-state index in [4.69, 9.17) is 28.9 Å². The van der Waals surface area contributed by atoms with E-state index < -0.39 is 0 Å². The second kappa shape index (κ2) is 7.48. The fraction of sp³-hybridized carbons (Fsp3) is 0.562. The highest BCUT2D eigenvalue weighted by Gasteiger charge is 2.25. The summed E-state index contributed by atoms with van der Waals surface area (Å²) in [7, 11) is 0. The number of benzene rings is 1. The Hall–Kier alpha value is -0.770. The summed E-state index contributed by atoms with van der Waals surface area (Å²) in [6.07, 6.45) is 3.28. The minimum absolute atomic E-state index is 0.145. The summed E-state index contributed by atoms with van der Waals surface area (Å²) in [4.78, 5) is 14.3. The first kappa shape index (κ1) is 16.6. The average Bonchev–Trinajstić information content (AvgIpc) is 2.46. The zero-order chi connectivity index (χ0) is 15.4. The second-order valence-corrected chi connectivity index (χ2v) is 6.68. The number of nitrogens with two attached hydrogens (primary N) is 1. The molecule has 0 unspecified atom stereocenters. The van der Waals surface area contributed by atoms with Crippen LogP contribution in [0.1, 0.15) is 31.7 Å². The van der Waals surface area contributed by atoms with Crippen LogP contribution in [0.25, 0.3) is 0 Å². The van der Waals surface area contributed by atoms with Gasteiger partial charge in [-0.2, -0.15) is 0 Å². The molecule has 1 aromatic rings. The Morgan fingerprint density at radius 3 is 2.90 bits per heavy atom. The van der Waals surface area contributed by atoms with Crippen LogP contribution in [0.15, 0.2) is 18.2 Å². The molecule has 2 N–H and O–H groups in total. The molecule has 1 fully saturated rings. The highest BCUT2D eigenvalue weighted by molar-refractivity contribution is 6.35. The minimum Gasteiger partial charge on any atom is -0.342 e. The van der Waals surface area contributed by atoms with Crippen molar-refractivity contribution in [2.24, 2.45) is 11.7 Å². The number of likely N-dealkylation sites (tertiary alicyclic amines) is 1. The van der Waals surface area contributed by atoms with E-state index in [9.17, 15) is 4.79 Å². The van der Waals surface area contributed by atoms with Gasteiger partial charge in [-0.25, -0.2) is 0 Å². The van der Waals surface area contributed by atoms with E-state index in [1.165, 1.54) is 0 Å². The van der Waals surface area contributed by atoms with Crippen LogP contribution < -0.4 is 5.73 Å². The predicted molar refractivity (Wildman–Crippen MR) is 87.7 cm³/mol. The van der Waals surface area contributed by atoms with Gasteiger partial charge in [0.2, 0.25) is 5.91 Å². The summed E-state index contributed by atoms with van der Waals surface area (Å²) in [5, 5.41) is 1.24. The third kappa shape index (κ3) is 4.60. The van der Waals surface area contributed by atoms with Gasteiger partial charge in [0, 0.05) is 35.6 Å². The van der Waals surface area contributed by atoms with Crippen molar-refractivity contribution in [2.45, 2.75) is 38.6 Å². The van der Waals surface area contributed by atoms with E-state index >= 15 is 0 Å². The van der Waals surface area contributed by atoms with E-state index in [0.29, 0.717) is 28.8 Å². The molecule has 21 heavy (non-hydrogen) atoms. The number of hydrogen-bond donors (Lipinski definition) is 1. The molecular formula is C16H22Cl2N2O. The van der Waals surface area contributed by atoms with Crippen LogP contribution in [0, 0.1) is 5.92 Å². The molecule has 116 valence electrons. The van der Waals surface area contributed by atoms with Crippen molar-refractivity contribution >= 4 is 29.1 Å². The molecule has 0 spiro atoms. The standard InChI is InChI=1S/C16H22Cl2N2O/c1-11(19)13-3-2-8-20(10-13)16(21)7-5-12-4-6-14(17)9-15(12)18/h4,6,9,11,13H,2-3,5,7-8,10,19H2,1H3/t11-,13-/m1/s1. The summed E-state index contributed by atoms with van der Waals surface area (Å²) in [5.41, 5.74) is 6.93. The summed E-state index contributed by atoms with van der Waals surface area (Å²) < 4.78 is 0. The molecule has 1 aliphatic heterocycles. The van der Waals surface area contributed by atoms with Crippen molar-refractivity contribution < 1.29 is 4.79 Å². The van der Waals surface area contributed by atoms with Gasteiger partial charge in [0.1, 0.15) is 0 Å². The van der Waals surface area contributed by atoms with Crippen molar-refractivity contribution in [2.75, 3.05) is 13.1 Å². The van der Waals surface area contributed by atoms with Crippen LogP contribution >= 0.6 is 23.2 Å². The molecule has 0 radical (unpaired) electrons. The lowest BCUT2D eigenvalue weighted by atomic mass is 9.92. The maximum absolute atomic E-state index is 12.3. The van der Waals surface area contributed by atoms with Gasteiger partial charge in [0.15, 0.2) is 0 Å². The van der Waals surface area contributed by atoms with Crippen molar-refractivity contribution in [3.8, 4) is 0 Å². The van der Waals surface area contributed by atoms with E-state index in [2.05, 4.69) is 0 Å². The van der Waals surface area contributed by atoms with Gasteiger partial charge in [-0.15, -0.1) is 0 Å². The molecule has 3 nitrogen and oxygen atoms in total. The Bertz CT molecular complexity index is 505. The number of halogens is 2. The number of carbonyl (C=O) groups excluding carboxylic acids is 1. The molecule has 1 aliphatic rings. The minimum atomic E-state index is 0.145. The first-order valence-corrected chi connectivity index (χ1v) is 8.20. The molecule has 0 aromatic heterocycles. The Labute approximate surface area is 136 Å². The lowest BCUT2D eigenvalue weighted by Crippen LogP contribution is -2.45. The Morgan fingerprint density at radius 1 is 1.48 bits per heavy atom. The van der Waals surface area contributed by atoms with E-state index in [-0.39, 0.29) is 11.9 Å². The van der Waals surface area contributed by atoms with Crippen molar-refractivity contribution in [3.63, 3.8) is 0 Å². The zero-order valence-electron chi connectivity index (χ0n) is 12.3. The highest BCUT2D eigenvalue weighted by Crippen LogP contribution is 2.23. The quantitative estimate of drug-likeness (QED) is 0.919. The number of piperidine rings is 1. The van der Waals surface area contributed by atoms with Crippen LogP contribution in [0.5, 0.6) is 0 Å². The molecular weight excluding hydrogens is 307 g/mol. The molecule has 0 saturated carbocycles. The maximum atomic E-state index is 12.3. The summed E-state index contributed by atoms with van der Waals surface area (Å²) in [5.74, 6) is 0.605. The lowest BCUT2D eigenvalue weighted by Gasteiger charge is -2.34. The smallest absolute Gasteiger partial charge is 0.222 e. The van der Waals surface area contributed by atoms with E-state index in [1.807, 2.05) is 17.9 Å². The molecule has 1 amide bonds. The number of aryl methyl sites for hydroxylation is 1. The molecule has 1 heterocycles. The lowest BCUT2D eigenvalue weighted by molar-refractivity contribution is -0.133. The normalized spacial score (nSPS) is 20.4. The first-order valence-electron chi connectivity index (χ1n) is 7.44. The van der Waals surface area contributed by atoms with Gasteiger partial charge >= 0.3 is 0 Å². The predicted octanol–water partition coefficient (Wildman–Crippen LogP) is 3.51. The molecule has 1 saturated heterocycles. The number of amides is 1. The third-order valence-corrected chi connectivity index (χ3v) is 4.76. The van der Waals surface area contributed by atoms with Crippen LogP contribution in [0.4, 0.5) is 0 Å². The fourth-order valence-corrected chi connectivity index (χ4v) is 3.29. The van der Waals surface area contributed by atoms with Gasteiger partial charge in [-0.05, 0) is 49.8 Å². The largest absolute Gasteiger partial charge is 0.342 e. The molecule has 5 heteroatoms. The molecule has 0 aliphatic carbocycles. The number of carbonyl (C=O) groups is 1. The molecule has 2 rings (SSSR count). The fourth-order valence-electron chi connectivity index (χ4n) is 2.79. The monoisotopic (exact) mass is 328 g/mol. The first-order chi connectivity index (χ1) is 9.97. The van der Waals surface area contributed by atoms with Gasteiger partial charge < -0.3 is 10.6 Å². The van der Waals surface area contributed by atoms with Gasteiger partial charge in [-0.3, -0.25) is 4.79 Å². The van der Waals surface area contributed by atoms with Gasteiger partial charge in [0.25, 0.3) is 0 Å². The number of rotatable bonds is 4. The van der Waals surface area contributed by atoms with Crippen molar-refractivity contribution in [3.05, 3.63) is 33.8 Å². The topological polar surface area (TPSA) is 46.3 Å². The summed E-state index contributed by atoms with van der Waals surface area (Å²) in [6, 6.07) is 5.56.